The van der Waals surface area contributed by atoms with Crippen molar-refractivity contribution in [2.24, 2.45) is 0 Å². The van der Waals surface area contributed by atoms with Gasteiger partial charge in [0.05, 0.1) is 20.8 Å². The zero-order valence-electron chi connectivity index (χ0n) is 15.0. The standard InChI is InChI=1S/C20H23NO5/c1-24-16-6-8-17(9-7-16)26-13-12-21-20(23)11-10-19(22)15-4-3-5-18(14-15)25-2/h3-9,14H,10-13H2,1-2H3,(H,21,23). The van der Waals surface area contributed by atoms with Gasteiger partial charge in [-0.15, -0.1) is 0 Å². The Balaban J connectivity index is 1.65. The summed E-state index contributed by atoms with van der Waals surface area (Å²) < 4.78 is 15.7. The number of benzene rings is 2. The lowest BCUT2D eigenvalue weighted by Crippen LogP contribution is -2.28. The first-order valence-corrected chi connectivity index (χ1v) is 8.33. The summed E-state index contributed by atoms with van der Waals surface area (Å²) in [5, 5.41) is 2.74. The summed E-state index contributed by atoms with van der Waals surface area (Å²) >= 11 is 0. The summed E-state index contributed by atoms with van der Waals surface area (Å²) in [7, 11) is 3.15. The molecule has 138 valence electrons. The molecule has 0 saturated carbocycles. The van der Waals surface area contributed by atoms with Gasteiger partial charge in [0, 0.05) is 18.4 Å². The predicted molar refractivity (Wildman–Crippen MR) is 98.1 cm³/mol. The van der Waals surface area contributed by atoms with Gasteiger partial charge in [-0.2, -0.15) is 0 Å². The Labute approximate surface area is 153 Å². The number of rotatable bonds is 10. The van der Waals surface area contributed by atoms with E-state index in [0.717, 1.165) is 5.75 Å². The van der Waals surface area contributed by atoms with Crippen LogP contribution in [0, 0.1) is 0 Å². The molecule has 0 aliphatic carbocycles. The van der Waals surface area contributed by atoms with Gasteiger partial charge in [-0.25, -0.2) is 0 Å². The highest BCUT2D eigenvalue weighted by Gasteiger charge is 2.10. The maximum absolute atomic E-state index is 12.1. The Bertz CT molecular complexity index is 727. The molecule has 2 rings (SSSR count). The van der Waals surface area contributed by atoms with Crippen molar-refractivity contribution in [3.63, 3.8) is 0 Å². The van der Waals surface area contributed by atoms with Crippen molar-refractivity contribution in [2.75, 3.05) is 27.4 Å². The second-order valence-corrected chi connectivity index (χ2v) is 5.53. The Hall–Kier alpha value is -3.02. The summed E-state index contributed by atoms with van der Waals surface area (Å²) in [6.45, 7) is 0.722. The van der Waals surface area contributed by atoms with Gasteiger partial charge < -0.3 is 19.5 Å². The predicted octanol–water partition coefficient (Wildman–Crippen LogP) is 2.86. The fourth-order valence-electron chi connectivity index (χ4n) is 2.29. The van der Waals surface area contributed by atoms with Gasteiger partial charge in [0.2, 0.25) is 5.91 Å². The molecule has 0 fully saturated rings. The van der Waals surface area contributed by atoms with E-state index in [2.05, 4.69) is 5.32 Å². The van der Waals surface area contributed by atoms with E-state index in [9.17, 15) is 9.59 Å². The molecule has 0 atom stereocenters. The molecule has 0 radical (unpaired) electrons. The minimum atomic E-state index is -0.181. The second kappa shape index (κ2) is 10.1. The SMILES string of the molecule is COc1ccc(OCCNC(=O)CCC(=O)c2cccc(OC)c2)cc1. The van der Waals surface area contributed by atoms with Crippen LogP contribution < -0.4 is 19.5 Å². The first-order valence-electron chi connectivity index (χ1n) is 8.33. The van der Waals surface area contributed by atoms with Gasteiger partial charge in [-0.1, -0.05) is 12.1 Å². The Morgan fingerprint density at radius 3 is 2.27 bits per heavy atom. The van der Waals surface area contributed by atoms with E-state index in [-0.39, 0.29) is 24.5 Å². The van der Waals surface area contributed by atoms with Crippen LogP contribution in [0.3, 0.4) is 0 Å². The molecule has 1 amide bonds. The maximum Gasteiger partial charge on any atom is 0.220 e. The van der Waals surface area contributed by atoms with E-state index in [1.54, 1.807) is 62.8 Å². The average Bonchev–Trinajstić information content (AvgIpc) is 2.69. The van der Waals surface area contributed by atoms with E-state index in [1.165, 1.54) is 0 Å². The summed E-state index contributed by atoms with van der Waals surface area (Å²) in [6, 6.07) is 14.1. The molecule has 26 heavy (non-hydrogen) atoms. The third-order valence-corrected chi connectivity index (χ3v) is 3.72. The zero-order chi connectivity index (χ0) is 18.8. The van der Waals surface area contributed by atoms with Crippen molar-refractivity contribution in [1.82, 2.24) is 5.32 Å². The van der Waals surface area contributed by atoms with Crippen molar-refractivity contribution in [2.45, 2.75) is 12.8 Å². The molecule has 2 aromatic rings. The number of hydrogen-bond acceptors (Lipinski definition) is 5. The van der Waals surface area contributed by atoms with Gasteiger partial charge >= 0.3 is 0 Å². The van der Waals surface area contributed by atoms with E-state index < -0.39 is 0 Å². The van der Waals surface area contributed by atoms with Crippen LogP contribution in [-0.2, 0) is 4.79 Å². The van der Waals surface area contributed by atoms with E-state index in [1.807, 2.05) is 0 Å². The smallest absolute Gasteiger partial charge is 0.220 e. The molecule has 0 aromatic heterocycles. The van der Waals surface area contributed by atoms with Crippen molar-refractivity contribution in [3.05, 3.63) is 54.1 Å². The molecular formula is C20H23NO5. The highest BCUT2D eigenvalue weighted by molar-refractivity contribution is 5.98. The summed E-state index contributed by atoms with van der Waals surface area (Å²) in [5.74, 6) is 1.81. The van der Waals surface area contributed by atoms with Crippen LogP contribution in [0.2, 0.25) is 0 Å². The molecule has 0 aliphatic rings. The van der Waals surface area contributed by atoms with E-state index in [0.29, 0.717) is 30.2 Å². The highest BCUT2D eigenvalue weighted by atomic mass is 16.5. The monoisotopic (exact) mass is 357 g/mol. The fourth-order valence-corrected chi connectivity index (χ4v) is 2.29. The highest BCUT2D eigenvalue weighted by Crippen LogP contribution is 2.17. The van der Waals surface area contributed by atoms with Crippen molar-refractivity contribution in [3.8, 4) is 17.2 Å². The quantitative estimate of drug-likeness (QED) is 0.523. The summed E-state index contributed by atoms with van der Waals surface area (Å²) in [6.07, 6.45) is 0.289. The van der Waals surface area contributed by atoms with Crippen molar-refractivity contribution >= 4 is 11.7 Å². The van der Waals surface area contributed by atoms with Gasteiger partial charge in [-0.3, -0.25) is 9.59 Å². The molecule has 6 nitrogen and oxygen atoms in total. The first kappa shape index (κ1) is 19.3. The van der Waals surface area contributed by atoms with Crippen LogP contribution in [0.25, 0.3) is 0 Å². The number of Topliss-reactive ketones (excluding diaryl/α,β-unsaturated/α-hetero) is 1. The lowest BCUT2D eigenvalue weighted by molar-refractivity contribution is -0.121. The lowest BCUT2D eigenvalue weighted by Gasteiger charge is -2.08. The fraction of sp³-hybridized carbons (Fsp3) is 0.300. The largest absolute Gasteiger partial charge is 0.497 e. The van der Waals surface area contributed by atoms with Crippen molar-refractivity contribution in [1.29, 1.82) is 0 Å². The van der Waals surface area contributed by atoms with Gasteiger partial charge in [0.1, 0.15) is 23.9 Å². The molecule has 0 bridgehead atoms. The number of carbonyl (C=O) groups excluding carboxylic acids is 2. The average molecular weight is 357 g/mol. The molecule has 0 heterocycles. The third-order valence-electron chi connectivity index (χ3n) is 3.72. The third kappa shape index (κ3) is 6.12. The molecule has 0 aliphatic heterocycles. The number of nitrogens with one attached hydrogen (secondary N) is 1. The van der Waals surface area contributed by atoms with Crippen molar-refractivity contribution < 1.29 is 23.8 Å². The number of amides is 1. The van der Waals surface area contributed by atoms with Gasteiger partial charge in [0.15, 0.2) is 5.78 Å². The van der Waals surface area contributed by atoms with Crippen LogP contribution in [0.4, 0.5) is 0 Å². The molecule has 2 aromatic carbocycles. The number of hydrogen-bond donors (Lipinski definition) is 1. The minimum Gasteiger partial charge on any atom is -0.497 e. The van der Waals surface area contributed by atoms with Crippen LogP contribution in [0.1, 0.15) is 23.2 Å². The Kier molecular flexibility index (Phi) is 7.49. The van der Waals surface area contributed by atoms with Crippen LogP contribution in [0.5, 0.6) is 17.2 Å². The maximum atomic E-state index is 12.1. The van der Waals surface area contributed by atoms with Gasteiger partial charge in [-0.05, 0) is 36.4 Å². The van der Waals surface area contributed by atoms with E-state index >= 15 is 0 Å². The molecule has 1 N–H and O–H groups in total. The molecule has 0 saturated heterocycles. The lowest BCUT2D eigenvalue weighted by atomic mass is 10.1. The Morgan fingerprint density at radius 2 is 1.58 bits per heavy atom. The normalized spacial score (nSPS) is 10.1. The summed E-state index contributed by atoms with van der Waals surface area (Å²) in [5.41, 5.74) is 0.542. The van der Waals surface area contributed by atoms with Crippen LogP contribution in [0.15, 0.2) is 48.5 Å². The molecule has 0 unspecified atom stereocenters. The number of ether oxygens (including phenoxy) is 3. The summed E-state index contributed by atoms with van der Waals surface area (Å²) in [4.78, 5) is 24.0. The van der Waals surface area contributed by atoms with E-state index in [4.69, 9.17) is 14.2 Å². The van der Waals surface area contributed by atoms with Gasteiger partial charge in [0.25, 0.3) is 0 Å². The van der Waals surface area contributed by atoms with Crippen LogP contribution in [-0.4, -0.2) is 39.1 Å². The first-order chi connectivity index (χ1) is 12.6. The topological polar surface area (TPSA) is 73.9 Å². The minimum absolute atomic E-state index is 0.0893. The zero-order valence-corrected chi connectivity index (χ0v) is 15.0. The van der Waals surface area contributed by atoms with Crippen LogP contribution >= 0.6 is 0 Å². The number of methoxy groups -OCH3 is 2. The molecule has 0 spiro atoms. The number of ketones is 1. The Morgan fingerprint density at radius 1 is 0.885 bits per heavy atom. The molecular weight excluding hydrogens is 334 g/mol. The second-order valence-electron chi connectivity index (χ2n) is 5.53. The molecule has 6 heteroatoms. The number of carbonyl (C=O) groups is 2.